The maximum Gasteiger partial charge on any atom is 0.469 e. The third kappa shape index (κ3) is 5.65. The molecule has 0 unspecified atom stereocenters. The van der Waals surface area contributed by atoms with Crippen LogP contribution in [0.4, 0.5) is 0 Å². The van der Waals surface area contributed by atoms with Gasteiger partial charge in [0.2, 0.25) is 0 Å². The van der Waals surface area contributed by atoms with Gasteiger partial charge in [-0.05, 0) is 23.9 Å². The monoisotopic (exact) mass is 257 g/mol. The Morgan fingerprint density at radius 2 is 2.00 bits per heavy atom. The molecule has 2 aromatic rings. The second-order valence-electron chi connectivity index (χ2n) is 3.39. The third-order valence-electron chi connectivity index (χ3n) is 1.93. The minimum absolute atomic E-state index is 0.115. The Morgan fingerprint density at radius 3 is 2.53 bits per heavy atom. The van der Waals surface area contributed by atoms with E-state index in [0.29, 0.717) is 6.42 Å². The lowest BCUT2D eigenvalue weighted by Crippen LogP contribution is -1.88. The highest BCUT2D eigenvalue weighted by Gasteiger charge is 2.11. The second kappa shape index (κ2) is 6.57. The van der Waals surface area contributed by atoms with Crippen LogP contribution in [0.1, 0.15) is 13.3 Å². The number of rotatable bonds is 3. The standard InChI is InChI=1S/C8H7N.C3H9O4P/c1-2-4-8-7(3-1)5-6-9-8;1-2-3-7-8(4,5)6/h1-6,9H;2-3H2,1H3,(H2,4,5,6). The predicted molar refractivity (Wildman–Crippen MR) is 66.6 cm³/mol. The minimum atomic E-state index is -4.18. The van der Waals surface area contributed by atoms with Crippen molar-refractivity contribution < 1.29 is 18.9 Å². The zero-order chi connectivity index (χ0) is 12.7. The molecule has 0 aliphatic rings. The SMILES string of the molecule is CCCOP(=O)(O)O.c1ccc2[nH]ccc2c1. The van der Waals surface area contributed by atoms with Gasteiger partial charge in [0.1, 0.15) is 0 Å². The lowest BCUT2D eigenvalue weighted by Gasteiger charge is -2.00. The number of H-pyrrole nitrogens is 1. The lowest BCUT2D eigenvalue weighted by atomic mass is 10.3. The van der Waals surface area contributed by atoms with Crippen LogP contribution in [-0.4, -0.2) is 21.4 Å². The minimum Gasteiger partial charge on any atom is -0.361 e. The molecular formula is C11H16NO4P. The lowest BCUT2D eigenvalue weighted by molar-refractivity contribution is 0.197. The molecule has 94 valence electrons. The van der Waals surface area contributed by atoms with Crippen molar-refractivity contribution in [2.24, 2.45) is 0 Å². The molecule has 6 heteroatoms. The summed E-state index contributed by atoms with van der Waals surface area (Å²) in [6.45, 7) is 1.89. The Bertz CT molecular complexity index is 461. The molecule has 0 amide bonds. The summed E-state index contributed by atoms with van der Waals surface area (Å²) in [6.07, 6.45) is 2.57. The van der Waals surface area contributed by atoms with Gasteiger partial charge in [-0.15, -0.1) is 0 Å². The number of aromatic nitrogens is 1. The summed E-state index contributed by atoms with van der Waals surface area (Å²) < 4.78 is 13.9. The van der Waals surface area contributed by atoms with Crippen LogP contribution in [0.5, 0.6) is 0 Å². The number of nitrogens with one attached hydrogen (secondary N) is 1. The fraction of sp³-hybridized carbons (Fsp3) is 0.273. The first kappa shape index (κ1) is 13.9. The van der Waals surface area contributed by atoms with Gasteiger partial charge in [-0.1, -0.05) is 25.1 Å². The summed E-state index contributed by atoms with van der Waals surface area (Å²) in [5, 5.41) is 1.28. The van der Waals surface area contributed by atoms with Gasteiger partial charge >= 0.3 is 7.82 Å². The van der Waals surface area contributed by atoms with E-state index in [1.165, 1.54) is 10.9 Å². The van der Waals surface area contributed by atoms with Crippen LogP contribution in [0.3, 0.4) is 0 Å². The largest absolute Gasteiger partial charge is 0.469 e. The summed E-state index contributed by atoms with van der Waals surface area (Å²) >= 11 is 0. The average molecular weight is 257 g/mol. The highest BCUT2D eigenvalue weighted by molar-refractivity contribution is 7.46. The van der Waals surface area contributed by atoms with Gasteiger partial charge in [0, 0.05) is 11.7 Å². The molecule has 0 aliphatic carbocycles. The van der Waals surface area contributed by atoms with E-state index in [1.807, 2.05) is 18.3 Å². The summed E-state index contributed by atoms with van der Waals surface area (Å²) in [4.78, 5) is 19.2. The van der Waals surface area contributed by atoms with Crippen molar-refractivity contribution in [1.82, 2.24) is 4.98 Å². The molecule has 3 N–H and O–H groups in total. The average Bonchev–Trinajstić information content (AvgIpc) is 2.74. The molecular weight excluding hydrogens is 241 g/mol. The fourth-order valence-electron chi connectivity index (χ4n) is 1.21. The van der Waals surface area contributed by atoms with E-state index in [4.69, 9.17) is 9.79 Å². The van der Waals surface area contributed by atoms with Crippen LogP contribution in [0, 0.1) is 0 Å². The van der Waals surface area contributed by atoms with Gasteiger partial charge in [0.15, 0.2) is 0 Å². The van der Waals surface area contributed by atoms with Gasteiger partial charge in [0.05, 0.1) is 6.61 Å². The van der Waals surface area contributed by atoms with E-state index in [2.05, 4.69) is 27.7 Å². The maximum atomic E-state index is 9.86. The van der Waals surface area contributed by atoms with Crippen LogP contribution in [0.2, 0.25) is 0 Å². The Labute approximate surface area is 99.7 Å². The quantitative estimate of drug-likeness (QED) is 0.738. The van der Waals surface area contributed by atoms with E-state index in [1.54, 1.807) is 6.92 Å². The van der Waals surface area contributed by atoms with Crippen LogP contribution < -0.4 is 0 Å². The molecule has 0 saturated carbocycles. The molecule has 5 nitrogen and oxygen atoms in total. The summed E-state index contributed by atoms with van der Waals surface area (Å²) in [7, 11) is -4.18. The smallest absolute Gasteiger partial charge is 0.361 e. The molecule has 1 heterocycles. The molecule has 0 spiro atoms. The fourth-order valence-corrected chi connectivity index (χ4v) is 1.63. The molecule has 2 rings (SSSR count). The molecule has 0 radical (unpaired) electrons. The molecule has 0 aliphatic heterocycles. The molecule has 0 atom stereocenters. The first-order valence-electron chi connectivity index (χ1n) is 5.25. The van der Waals surface area contributed by atoms with E-state index in [0.717, 1.165) is 0 Å². The van der Waals surface area contributed by atoms with Crippen LogP contribution >= 0.6 is 7.82 Å². The third-order valence-corrected chi connectivity index (χ3v) is 2.45. The molecule has 0 bridgehead atoms. The van der Waals surface area contributed by atoms with Crippen molar-refractivity contribution in [2.45, 2.75) is 13.3 Å². The zero-order valence-electron chi connectivity index (χ0n) is 9.54. The molecule has 1 aromatic heterocycles. The number of benzene rings is 1. The Kier molecular flexibility index (Phi) is 5.38. The van der Waals surface area contributed by atoms with E-state index >= 15 is 0 Å². The first-order chi connectivity index (χ1) is 8.03. The van der Waals surface area contributed by atoms with Gasteiger partial charge in [-0.25, -0.2) is 4.57 Å². The van der Waals surface area contributed by atoms with Crippen LogP contribution in [0.25, 0.3) is 10.9 Å². The number of aromatic amines is 1. The van der Waals surface area contributed by atoms with E-state index in [-0.39, 0.29) is 6.61 Å². The van der Waals surface area contributed by atoms with Gasteiger partial charge in [0.25, 0.3) is 0 Å². The summed E-state index contributed by atoms with van der Waals surface area (Å²) in [5.74, 6) is 0. The first-order valence-corrected chi connectivity index (χ1v) is 6.78. The van der Waals surface area contributed by atoms with Crippen molar-refractivity contribution in [3.63, 3.8) is 0 Å². The number of hydrogen-bond donors (Lipinski definition) is 3. The zero-order valence-corrected chi connectivity index (χ0v) is 10.4. The Balaban J connectivity index is 0.000000172. The van der Waals surface area contributed by atoms with Crippen molar-refractivity contribution >= 4 is 18.7 Å². The van der Waals surface area contributed by atoms with Gasteiger partial charge in [-0.2, -0.15) is 0 Å². The van der Waals surface area contributed by atoms with Crippen molar-refractivity contribution in [3.05, 3.63) is 36.5 Å². The molecule has 17 heavy (non-hydrogen) atoms. The van der Waals surface area contributed by atoms with E-state index < -0.39 is 7.82 Å². The molecule has 0 saturated heterocycles. The highest BCUT2D eigenvalue weighted by atomic mass is 31.2. The summed E-state index contributed by atoms with van der Waals surface area (Å²) in [6, 6.07) is 10.3. The number of fused-ring (bicyclic) bond motifs is 1. The maximum absolute atomic E-state index is 9.86. The van der Waals surface area contributed by atoms with Crippen molar-refractivity contribution in [2.75, 3.05) is 6.61 Å². The Morgan fingerprint density at radius 1 is 1.29 bits per heavy atom. The topological polar surface area (TPSA) is 82.6 Å². The number of phosphoric acid groups is 1. The molecule has 0 fully saturated rings. The molecule has 1 aromatic carbocycles. The number of para-hydroxylation sites is 1. The van der Waals surface area contributed by atoms with Gasteiger partial charge < -0.3 is 14.8 Å². The normalized spacial score (nSPS) is 11.0. The Hall–Kier alpha value is -1.13. The second-order valence-corrected chi connectivity index (χ2v) is 4.63. The number of phosphoric ester groups is 1. The van der Waals surface area contributed by atoms with Gasteiger partial charge in [-0.3, -0.25) is 4.52 Å². The van der Waals surface area contributed by atoms with Crippen LogP contribution in [0.15, 0.2) is 36.5 Å². The number of hydrogen-bond acceptors (Lipinski definition) is 2. The van der Waals surface area contributed by atoms with E-state index in [9.17, 15) is 4.57 Å². The highest BCUT2D eigenvalue weighted by Crippen LogP contribution is 2.35. The summed E-state index contributed by atoms with van der Waals surface area (Å²) in [5.41, 5.74) is 1.21. The predicted octanol–water partition coefficient (Wildman–Crippen LogP) is 2.67. The van der Waals surface area contributed by atoms with Crippen molar-refractivity contribution in [3.8, 4) is 0 Å². The van der Waals surface area contributed by atoms with Crippen LogP contribution in [-0.2, 0) is 9.09 Å². The van der Waals surface area contributed by atoms with Crippen molar-refractivity contribution in [1.29, 1.82) is 0 Å².